The number of rotatable bonds is 5. The third-order valence-corrected chi connectivity index (χ3v) is 5.63. The topological polar surface area (TPSA) is 35.6 Å². The highest BCUT2D eigenvalue weighted by molar-refractivity contribution is 5.79. The molecule has 1 saturated heterocycles. The van der Waals surface area contributed by atoms with Gasteiger partial charge in [-0.15, -0.1) is 0 Å². The van der Waals surface area contributed by atoms with Gasteiger partial charge in [-0.3, -0.25) is 4.79 Å². The summed E-state index contributed by atoms with van der Waals surface area (Å²) in [4.78, 5) is 16.6. The highest BCUT2D eigenvalue weighted by Gasteiger charge is 2.42. The Kier molecular flexibility index (Phi) is 4.62. The summed E-state index contributed by atoms with van der Waals surface area (Å²) in [6.07, 6.45) is 3.15. The molecule has 126 valence electrons. The van der Waals surface area contributed by atoms with Crippen LogP contribution in [0.25, 0.3) is 0 Å². The molecule has 1 saturated carbocycles. The smallest absolute Gasteiger partial charge is 0.227 e. The number of benzene rings is 1. The number of likely N-dealkylation sites (N-methyl/N-ethyl adjacent to an activating group) is 1. The quantitative estimate of drug-likeness (QED) is 0.907. The lowest BCUT2D eigenvalue weighted by molar-refractivity contribution is -0.132. The highest BCUT2D eigenvalue weighted by atomic mass is 16.2. The molecule has 1 unspecified atom stereocenters. The second kappa shape index (κ2) is 6.52. The van der Waals surface area contributed by atoms with Gasteiger partial charge in [-0.1, -0.05) is 19.1 Å². The molecule has 1 atom stereocenters. The fourth-order valence-electron chi connectivity index (χ4n) is 3.12. The van der Waals surface area contributed by atoms with Crippen molar-refractivity contribution in [2.45, 2.75) is 39.2 Å². The van der Waals surface area contributed by atoms with Crippen molar-refractivity contribution in [3.63, 3.8) is 0 Å². The normalized spacial score (nSPS) is 21.8. The molecular weight excluding hydrogens is 286 g/mol. The molecule has 1 aromatic carbocycles. The first-order valence-corrected chi connectivity index (χ1v) is 8.78. The molecule has 0 bridgehead atoms. The van der Waals surface area contributed by atoms with Gasteiger partial charge in [-0.2, -0.15) is 0 Å². The first-order chi connectivity index (χ1) is 11.0. The van der Waals surface area contributed by atoms with E-state index in [-0.39, 0.29) is 5.91 Å². The van der Waals surface area contributed by atoms with Crippen LogP contribution >= 0.6 is 0 Å². The summed E-state index contributed by atoms with van der Waals surface area (Å²) < 4.78 is 0. The van der Waals surface area contributed by atoms with Crippen LogP contribution < -0.4 is 5.32 Å². The molecule has 4 nitrogen and oxygen atoms in total. The fourth-order valence-corrected chi connectivity index (χ4v) is 3.12. The van der Waals surface area contributed by atoms with Gasteiger partial charge in [0.25, 0.3) is 0 Å². The molecule has 2 fully saturated rings. The Bertz CT molecular complexity index is 542. The number of nitrogens with zero attached hydrogens (tertiary/aromatic N) is 2. The number of carbonyl (C=O) groups excluding carboxylic acids is 1. The number of hydrogen-bond donors (Lipinski definition) is 1. The van der Waals surface area contributed by atoms with Gasteiger partial charge < -0.3 is 15.1 Å². The Morgan fingerprint density at radius 3 is 2.35 bits per heavy atom. The highest BCUT2D eigenvalue weighted by Crippen LogP contribution is 2.48. The second-order valence-corrected chi connectivity index (χ2v) is 7.58. The molecule has 4 heteroatoms. The molecule has 1 amide bonds. The first-order valence-electron chi connectivity index (χ1n) is 8.78. The molecule has 0 aromatic heterocycles. The van der Waals surface area contributed by atoms with Crippen LogP contribution in [0.4, 0.5) is 5.69 Å². The van der Waals surface area contributed by atoms with Crippen LogP contribution in [-0.4, -0.2) is 55.0 Å². The monoisotopic (exact) mass is 315 g/mol. The molecule has 3 rings (SSSR count). The van der Waals surface area contributed by atoms with Crippen LogP contribution in [-0.2, 0) is 11.2 Å². The number of amides is 1. The third-order valence-electron chi connectivity index (χ3n) is 5.63. The van der Waals surface area contributed by atoms with Gasteiger partial charge in [0.2, 0.25) is 5.91 Å². The van der Waals surface area contributed by atoms with Gasteiger partial charge in [0.1, 0.15) is 0 Å². The maximum Gasteiger partial charge on any atom is 0.227 e. The zero-order chi connectivity index (χ0) is 16.4. The predicted octanol–water partition coefficient (Wildman–Crippen LogP) is 2.60. The van der Waals surface area contributed by atoms with Crippen molar-refractivity contribution >= 4 is 11.6 Å². The van der Waals surface area contributed by atoms with E-state index in [1.54, 1.807) is 0 Å². The van der Waals surface area contributed by atoms with Crippen LogP contribution in [0.5, 0.6) is 0 Å². The number of anilines is 1. The molecule has 1 N–H and O–H groups in total. The number of hydrogen-bond acceptors (Lipinski definition) is 3. The summed E-state index contributed by atoms with van der Waals surface area (Å²) in [5.74, 6) is 0.248. The van der Waals surface area contributed by atoms with E-state index in [0.717, 1.165) is 37.4 Å². The van der Waals surface area contributed by atoms with Gasteiger partial charge in [-0.25, -0.2) is 0 Å². The first kappa shape index (κ1) is 16.3. The molecular formula is C19H29N3O. The molecule has 1 aliphatic heterocycles. The summed E-state index contributed by atoms with van der Waals surface area (Å²) in [5, 5.41) is 3.59. The van der Waals surface area contributed by atoms with Crippen molar-refractivity contribution in [1.82, 2.24) is 9.80 Å². The maximum absolute atomic E-state index is 12.4. The van der Waals surface area contributed by atoms with Crippen LogP contribution in [0.2, 0.25) is 0 Å². The zero-order valence-electron chi connectivity index (χ0n) is 14.6. The summed E-state index contributed by atoms with van der Waals surface area (Å²) in [6.45, 7) is 8.26. The molecule has 2 aliphatic rings. The van der Waals surface area contributed by atoms with Gasteiger partial charge >= 0.3 is 0 Å². The summed E-state index contributed by atoms with van der Waals surface area (Å²) in [6, 6.07) is 8.88. The lowest BCUT2D eigenvalue weighted by Crippen LogP contribution is -2.47. The van der Waals surface area contributed by atoms with Crippen LogP contribution in [0.1, 0.15) is 32.3 Å². The minimum atomic E-state index is 0.248. The van der Waals surface area contributed by atoms with Gasteiger partial charge in [0, 0.05) is 37.9 Å². The standard InChI is InChI=1S/C19H29N3O/c1-15(19(2)8-9-19)20-17-6-4-16(5-7-17)14-18(23)22-12-10-21(3)11-13-22/h4-7,15,20H,8-14H2,1-3H3. The number of carbonyl (C=O) groups is 1. The van der Waals surface area contributed by atoms with Crippen molar-refractivity contribution in [3.05, 3.63) is 29.8 Å². The lowest BCUT2D eigenvalue weighted by atomic mass is 10.0. The largest absolute Gasteiger partial charge is 0.382 e. The SMILES string of the molecule is CC(Nc1ccc(CC(=O)N2CCN(C)CC2)cc1)C1(C)CC1. The molecule has 0 radical (unpaired) electrons. The molecule has 0 spiro atoms. The molecule has 23 heavy (non-hydrogen) atoms. The van der Waals surface area contributed by atoms with E-state index in [0.29, 0.717) is 17.9 Å². The second-order valence-electron chi connectivity index (χ2n) is 7.58. The van der Waals surface area contributed by atoms with Crippen molar-refractivity contribution in [2.75, 3.05) is 38.5 Å². The minimum Gasteiger partial charge on any atom is -0.382 e. The van der Waals surface area contributed by atoms with E-state index in [2.05, 4.69) is 55.4 Å². The Morgan fingerprint density at radius 2 is 1.78 bits per heavy atom. The van der Waals surface area contributed by atoms with Crippen LogP contribution in [0, 0.1) is 5.41 Å². The third kappa shape index (κ3) is 4.05. The van der Waals surface area contributed by atoms with Crippen LogP contribution in [0.3, 0.4) is 0 Å². The van der Waals surface area contributed by atoms with E-state index >= 15 is 0 Å². The fraction of sp³-hybridized carbons (Fsp3) is 0.632. The lowest BCUT2D eigenvalue weighted by Gasteiger charge is -2.32. The van der Waals surface area contributed by atoms with E-state index in [1.165, 1.54) is 12.8 Å². The van der Waals surface area contributed by atoms with E-state index < -0.39 is 0 Å². The van der Waals surface area contributed by atoms with Crippen molar-refractivity contribution in [1.29, 1.82) is 0 Å². The maximum atomic E-state index is 12.4. The molecule has 1 heterocycles. The zero-order valence-corrected chi connectivity index (χ0v) is 14.6. The Balaban J connectivity index is 1.52. The van der Waals surface area contributed by atoms with Gasteiger partial charge in [-0.05, 0) is 49.9 Å². The number of nitrogens with one attached hydrogen (secondary N) is 1. The minimum absolute atomic E-state index is 0.248. The average Bonchev–Trinajstić information content (AvgIpc) is 3.29. The predicted molar refractivity (Wildman–Crippen MR) is 94.6 cm³/mol. The van der Waals surface area contributed by atoms with Gasteiger partial charge in [0.05, 0.1) is 6.42 Å². The average molecular weight is 315 g/mol. The summed E-state index contributed by atoms with van der Waals surface area (Å²) >= 11 is 0. The summed E-state index contributed by atoms with van der Waals surface area (Å²) in [7, 11) is 2.11. The van der Waals surface area contributed by atoms with Crippen LogP contribution in [0.15, 0.2) is 24.3 Å². The summed E-state index contributed by atoms with van der Waals surface area (Å²) in [5.41, 5.74) is 2.72. The van der Waals surface area contributed by atoms with E-state index in [9.17, 15) is 4.79 Å². The van der Waals surface area contributed by atoms with Crippen molar-refractivity contribution in [2.24, 2.45) is 5.41 Å². The van der Waals surface area contributed by atoms with Gasteiger partial charge in [0.15, 0.2) is 0 Å². The number of piperazine rings is 1. The molecule has 1 aliphatic carbocycles. The Labute approximate surface area is 139 Å². The Hall–Kier alpha value is -1.55. The van der Waals surface area contributed by atoms with Crippen molar-refractivity contribution in [3.8, 4) is 0 Å². The van der Waals surface area contributed by atoms with Crippen molar-refractivity contribution < 1.29 is 4.79 Å². The Morgan fingerprint density at radius 1 is 1.17 bits per heavy atom. The van der Waals surface area contributed by atoms with E-state index in [1.807, 2.05) is 4.90 Å². The van der Waals surface area contributed by atoms with E-state index in [4.69, 9.17) is 0 Å². The molecule has 1 aromatic rings.